The lowest BCUT2D eigenvalue weighted by atomic mass is 9.73. The third kappa shape index (κ3) is 3.46. The SMILES string of the molecule is CC(C)C1CCC(=O)C(Cc2cccc([N+](=O)[O-])c2F)C1. The second-order valence-electron chi connectivity index (χ2n) is 6.15. The molecular formula is C16H20FNO3. The zero-order valence-corrected chi connectivity index (χ0v) is 12.3. The normalized spacial score (nSPS) is 22.6. The van der Waals surface area contributed by atoms with Crippen LogP contribution in [0.15, 0.2) is 18.2 Å². The number of halogens is 1. The quantitative estimate of drug-likeness (QED) is 0.624. The smallest absolute Gasteiger partial charge is 0.299 e. The number of hydrogen-bond acceptors (Lipinski definition) is 3. The van der Waals surface area contributed by atoms with Crippen molar-refractivity contribution in [2.45, 2.75) is 39.5 Å². The van der Waals surface area contributed by atoms with Gasteiger partial charge in [-0.15, -0.1) is 0 Å². The number of nitro benzene ring substituents is 1. The molecule has 4 nitrogen and oxygen atoms in total. The topological polar surface area (TPSA) is 60.2 Å². The average Bonchev–Trinajstić information content (AvgIpc) is 2.42. The Morgan fingerprint density at radius 1 is 1.43 bits per heavy atom. The summed E-state index contributed by atoms with van der Waals surface area (Å²) in [5, 5.41) is 10.8. The van der Waals surface area contributed by atoms with Crippen molar-refractivity contribution in [1.29, 1.82) is 0 Å². The van der Waals surface area contributed by atoms with Crippen LogP contribution in [0.2, 0.25) is 0 Å². The number of benzene rings is 1. The number of ketones is 1. The second-order valence-corrected chi connectivity index (χ2v) is 6.15. The molecule has 1 saturated carbocycles. The minimum absolute atomic E-state index is 0.151. The fraction of sp³-hybridized carbons (Fsp3) is 0.562. The summed E-state index contributed by atoms with van der Waals surface area (Å²) in [6.07, 6.45) is 2.43. The van der Waals surface area contributed by atoms with Gasteiger partial charge in [0.1, 0.15) is 5.78 Å². The van der Waals surface area contributed by atoms with Gasteiger partial charge in [0.15, 0.2) is 0 Å². The lowest BCUT2D eigenvalue weighted by Crippen LogP contribution is -2.29. The molecule has 2 atom stereocenters. The third-order valence-electron chi connectivity index (χ3n) is 4.47. The highest BCUT2D eigenvalue weighted by atomic mass is 19.1. The summed E-state index contributed by atoms with van der Waals surface area (Å²) in [5.41, 5.74) is -0.247. The Kier molecular flexibility index (Phi) is 4.70. The molecule has 5 heteroatoms. The van der Waals surface area contributed by atoms with Crippen LogP contribution < -0.4 is 0 Å². The fourth-order valence-corrected chi connectivity index (χ4v) is 3.08. The van der Waals surface area contributed by atoms with Gasteiger partial charge in [0.25, 0.3) is 0 Å². The van der Waals surface area contributed by atoms with Gasteiger partial charge in [0.05, 0.1) is 4.92 Å². The largest absolute Gasteiger partial charge is 0.305 e. The lowest BCUT2D eigenvalue weighted by molar-refractivity contribution is -0.387. The number of hydrogen-bond donors (Lipinski definition) is 0. The number of carbonyl (C=O) groups is 1. The number of carbonyl (C=O) groups excluding carboxylic acids is 1. The standard InChI is InChI=1S/C16H20FNO3/c1-10(2)11-6-7-15(19)13(8-11)9-12-4-3-5-14(16(12)17)18(20)21/h3-5,10-11,13H,6-9H2,1-2H3. The van der Waals surface area contributed by atoms with Crippen molar-refractivity contribution in [3.63, 3.8) is 0 Å². The predicted octanol–water partition coefficient (Wildman–Crippen LogP) is 3.92. The van der Waals surface area contributed by atoms with Crippen LogP contribution >= 0.6 is 0 Å². The van der Waals surface area contributed by atoms with Gasteiger partial charge < -0.3 is 0 Å². The van der Waals surface area contributed by atoms with Crippen LogP contribution in [0.4, 0.5) is 10.1 Å². The van der Waals surface area contributed by atoms with Crippen molar-refractivity contribution in [2.24, 2.45) is 17.8 Å². The van der Waals surface area contributed by atoms with Crippen molar-refractivity contribution in [1.82, 2.24) is 0 Å². The first-order valence-corrected chi connectivity index (χ1v) is 7.34. The molecule has 0 heterocycles. The Bertz CT molecular complexity index is 556. The molecule has 0 amide bonds. The van der Waals surface area contributed by atoms with E-state index >= 15 is 0 Å². The molecule has 1 fully saturated rings. The zero-order chi connectivity index (χ0) is 15.6. The molecule has 0 bridgehead atoms. The third-order valence-corrected chi connectivity index (χ3v) is 4.47. The fourth-order valence-electron chi connectivity index (χ4n) is 3.08. The van der Waals surface area contributed by atoms with Gasteiger partial charge >= 0.3 is 5.69 Å². The van der Waals surface area contributed by atoms with Crippen LogP contribution in [0, 0.1) is 33.7 Å². The molecule has 21 heavy (non-hydrogen) atoms. The monoisotopic (exact) mass is 293 g/mol. The van der Waals surface area contributed by atoms with Crippen molar-refractivity contribution >= 4 is 11.5 Å². The summed E-state index contributed by atoms with van der Waals surface area (Å²) in [6.45, 7) is 4.26. The molecule has 1 aromatic carbocycles. The Labute approximate surface area is 123 Å². The molecule has 0 N–H and O–H groups in total. The molecule has 0 radical (unpaired) electrons. The minimum Gasteiger partial charge on any atom is -0.299 e. The number of nitrogens with zero attached hydrogens (tertiary/aromatic N) is 1. The second kappa shape index (κ2) is 6.33. The van der Waals surface area contributed by atoms with Crippen LogP contribution in [0.1, 0.15) is 38.7 Å². The van der Waals surface area contributed by atoms with E-state index in [1.807, 2.05) is 0 Å². The summed E-state index contributed by atoms with van der Waals surface area (Å²) in [5.74, 6) is 0.0902. The Morgan fingerprint density at radius 2 is 2.14 bits per heavy atom. The van der Waals surface area contributed by atoms with Crippen molar-refractivity contribution in [3.8, 4) is 0 Å². The van der Waals surface area contributed by atoms with Crippen LogP contribution in [-0.4, -0.2) is 10.7 Å². The summed E-state index contributed by atoms with van der Waals surface area (Å²) in [6, 6.07) is 4.16. The predicted molar refractivity (Wildman–Crippen MR) is 77.4 cm³/mol. The maximum Gasteiger partial charge on any atom is 0.305 e. The van der Waals surface area contributed by atoms with E-state index in [-0.39, 0.29) is 23.7 Å². The van der Waals surface area contributed by atoms with E-state index in [1.165, 1.54) is 12.1 Å². The molecule has 114 valence electrons. The van der Waals surface area contributed by atoms with Crippen molar-refractivity contribution < 1.29 is 14.1 Å². The molecule has 0 saturated heterocycles. The van der Waals surface area contributed by atoms with Crippen LogP contribution in [0.3, 0.4) is 0 Å². The molecular weight excluding hydrogens is 273 g/mol. The van der Waals surface area contributed by atoms with Crippen LogP contribution in [-0.2, 0) is 11.2 Å². The summed E-state index contributed by atoms with van der Waals surface area (Å²) in [7, 11) is 0. The number of nitro groups is 1. The zero-order valence-electron chi connectivity index (χ0n) is 12.3. The first-order valence-electron chi connectivity index (χ1n) is 7.34. The van der Waals surface area contributed by atoms with Gasteiger partial charge in [-0.05, 0) is 36.7 Å². The lowest BCUT2D eigenvalue weighted by Gasteiger charge is -2.30. The van der Waals surface area contributed by atoms with Crippen LogP contribution in [0.5, 0.6) is 0 Å². The maximum absolute atomic E-state index is 14.1. The van der Waals surface area contributed by atoms with E-state index < -0.39 is 16.4 Å². The van der Waals surface area contributed by atoms with E-state index in [2.05, 4.69) is 13.8 Å². The van der Waals surface area contributed by atoms with E-state index in [1.54, 1.807) is 0 Å². The number of Topliss-reactive ketones (excluding diaryl/α,β-unsaturated/α-hetero) is 1. The highest BCUT2D eigenvalue weighted by molar-refractivity contribution is 5.82. The molecule has 0 aromatic heterocycles. The van der Waals surface area contributed by atoms with Gasteiger partial charge in [0, 0.05) is 18.4 Å². The van der Waals surface area contributed by atoms with E-state index in [0.717, 1.165) is 18.9 Å². The summed E-state index contributed by atoms with van der Waals surface area (Å²) >= 11 is 0. The molecule has 0 aliphatic heterocycles. The minimum atomic E-state index is -0.804. The maximum atomic E-state index is 14.1. The van der Waals surface area contributed by atoms with Gasteiger partial charge in [-0.1, -0.05) is 26.0 Å². The van der Waals surface area contributed by atoms with E-state index in [4.69, 9.17) is 0 Å². The Morgan fingerprint density at radius 3 is 2.76 bits per heavy atom. The van der Waals surface area contributed by atoms with Crippen molar-refractivity contribution in [2.75, 3.05) is 0 Å². The molecule has 2 unspecified atom stereocenters. The molecule has 2 rings (SSSR count). The van der Waals surface area contributed by atoms with Gasteiger partial charge in [0.2, 0.25) is 5.82 Å². The summed E-state index contributed by atoms with van der Waals surface area (Å²) in [4.78, 5) is 22.1. The number of rotatable bonds is 4. The first-order chi connectivity index (χ1) is 9.90. The van der Waals surface area contributed by atoms with E-state index in [9.17, 15) is 19.3 Å². The van der Waals surface area contributed by atoms with Gasteiger partial charge in [-0.25, -0.2) is 0 Å². The first kappa shape index (κ1) is 15.6. The Hall–Kier alpha value is -1.78. The van der Waals surface area contributed by atoms with E-state index in [0.29, 0.717) is 18.3 Å². The average molecular weight is 293 g/mol. The van der Waals surface area contributed by atoms with Gasteiger partial charge in [-0.2, -0.15) is 4.39 Å². The molecule has 0 spiro atoms. The van der Waals surface area contributed by atoms with Crippen molar-refractivity contribution in [3.05, 3.63) is 39.7 Å². The molecule has 1 aliphatic rings. The highest BCUT2D eigenvalue weighted by Gasteiger charge is 2.31. The van der Waals surface area contributed by atoms with Crippen LogP contribution in [0.25, 0.3) is 0 Å². The highest BCUT2D eigenvalue weighted by Crippen LogP contribution is 2.34. The molecule has 1 aromatic rings. The Balaban J connectivity index is 2.19. The molecule has 1 aliphatic carbocycles. The van der Waals surface area contributed by atoms with Gasteiger partial charge in [-0.3, -0.25) is 14.9 Å². The summed E-state index contributed by atoms with van der Waals surface area (Å²) < 4.78 is 14.1.